The molecule has 16 heavy (non-hydrogen) atoms. The number of hydrogen-bond acceptors (Lipinski definition) is 3. The van der Waals surface area contributed by atoms with Gasteiger partial charge in [-0.05, 0) is 24.7 Å². The van der Waals surface area contributed by atoms with Crippen LogP contribution in [0.4, 0.5) is 5.82 Å². The summed E-state index contributed by atoms with van der Waals surface area (Å²) in [4.78, 5) is 11.8. The molecule has 5 heteroatoms. The maximum absolute atomic E-state index is 11.8. The zero-order valence-electron chi connectivity index (χ0n) is 9.07. The lowest BCUT2D eigenvalue weighted by molar-refractivity contribution is -0.123. The smallest absolute Gasteiger partial charge is 0.223 e. The van der Waals surface area contributed by atoms with Crippen LogP contribution < -0.4 is 11.1 Å². The fraction of sp³-hybridized carbons (Fsp3) is 0.636. The fourth-order valence-electron chi connectivity index (χ4n) is 2.97. The number of aromatic amines is 1. The Bertz CT molecular complexity index is 404. The molecule has 1 heterocycles. The van der Waals surface area contributed by atoms with Crippen molar-refractivity contribution in [1.82, 2.24) is 15.5 Å². The number of carbonyl (C=O) groups excluding carboxylic acids is 1. The molecule has 0 aliphatic heterocycles. The molecule has 0 saturated heterocycles. The first-order chi connectivity index (χ1) is 7.77. The molecule has 2 aliphatic carbocycles. The van der Waals surface area contributed by atoms with E-state index in [0.717, 1.165) is 5.56 Å². The van der Waals surface area contributed by atoms with Gasteiger partial charge in [-0.1, -0.05) is 6.42 Å². The summed E-state index contributed by atoms with van der Waals surface area (Å²) in [7, 11) is 0. The minimum atomic E-state index is 0.190. The number of nitrogens with two attached hydrogens (primary N) is 1. The molecule has 1 aromatic heterocycles. The van der Waals surface area contributed by atoms with E-state index < -0.39 is 0 Å². The van der Waals surface area contributed by atoms with Crippen LogP contribution in [0.3, 0.4) is 0 Å². The molecule has 2 fully saturated rings. The van der Waals surface area contributed by atoms with Gasteiger partial charge in [-0.15, -0.1) is 0 Å². The van der Waals surface area contributed by atoms with Gasteiger partial charge in [0.2, 0.25) is 5.91 Å². The van der Waals surface area contributed by atoms with Crippen LogP contribution >= 0.6 is 0 Å². The zero-order chi connectivity index (χ0) is 11.1. The Morgan fingerprint density at radius 1 is 1.56 bits per heavy atom. The van der Waals surface area contributed by atoms with Crippen LogP contribution in [-0.2, 0) is 11.3 Å². The summed E-state index contributed by atoms with van der Waals surface area (Å²) in [6, 6.07) is 0. The number of anilines is 1. The predicted octanol–water partition coefficient (Wildman–Crippen LogP) is 0.654. The second-order valence-corrected chi connectivity index (χ2v) is 4.81. The SMILES string of the molecule is Nc1[nH]ncc1CNC(=O)C1C2CCCC21. The van der Waals surface area contributed by atoms with E-state index in [1.807, 2.05) is 0 Å². The molecule has 2 atom stereocenters. The highest BCUT2D eigenvalue weighted by molar-refractivity contribution is 5.82. The van der Waals surface area contributed by atoms with Gasteiger partial charge < -0.3 is 11.1 Å². The number of nitrogen functional groups attached to an aromatic ring is 1. The lowest BCUT2D eigenvalue weighted by atomic mass is 10.1. The van der Waals surface area contributed by atoms with Gasteiger partial charge in [0.25, 0.3) is 0 Å². The van der Waals surface area contributed by atoms with Crippen LogP contribution in [0.15, 0.2) is 6.20 Å². The number of rotatable bonds is 3. The normalized spacial score (nSPS) is 31.1. The van der Waals surface area contributed by atoms with Crippen molar-refractivity contribution < 1.29 is 4.79 Å². The maximum Gasteiger partial charge on any atom is 0.223 e. The van der Waals surface area contributed by atoms with Gasteiger partial charge in [0, 0.05) is 18.0 Å². The lowest BCUT2D eigenvalue weighted by Crippen LogP contribution is -2.26. The number of amides is 1. The van der Waals surface area contributed by atoms with Gasteiger partial charge in [0.15, 0.2) is 0 Å². The van der Waals surface area contributed by atoms with Crippen molar-refractivity contribution in [2.24, 2.45) is 17.8 Å². The van der Waals surface area contributed by atoms with Crippen molar-refractivity contribution >= 4 is 11.7 Å². The Kier molecular flexibility index (Phi) is 2.12. The second-order valence-electron chi connectivity index (χ2n) is 4.81. The van der Waals surface area contributed by atoms with E-state index in [1.54, 1.807) is 6.20 Å². The Labute approximate surface area is 93.8 Å². The van der Waals surface area contributed by atoms with Crippen molar-refractivity contribution in [1.29, 1.82) is 0 Å². The molecule has 2 aliphatic rings. The van der Waals surface area contributed by atoms with Gasteiger partial charge in [0.05, 0.1) is 6.20 Å². The van der Waals surface area contributed by atoms with Crippen LogP contribution in [0.1, 0.15) is 24.8 Å². The molecule has 2 saturated carbocycles. The summed E-state index contributed by atoms with van der Waals surface area (Å²) in [5.41, 5.74) is 6.50. The van der Waals surface area contributed by atoms with Crippen LogP contribution in [0.5, 0.6) is 0 Å². The Hall–Kier alpha value is -1.52. The first kappa shape index (κ1) is 9.69. The van der Waals surface area contributed by atoms with Crippen molar-refractivity contribution in [3.8, 4) is 0 Å². The standard InChI is InChI=1S/C11H16N4O/c12-10-6(5-14-15-10)4-13-11(16)9-7-2-1-3-8(7)9/h5,7-9H,1-4H2,(H,13,16)(H3,12,14,15). The van der Waals surface area contributed by atoms with E-state index in [4.69, 9.17) is 5.73 Å². The summed E-state index contributed by atoms with van der Waals surface area (Å²) < 4.78 is 0. The highest BCUT2D eigenvalue weighted by atomic mass is 16.2. The molecule has 3 rings (SSSR count). The molecule has 2 unspecified atom stereocenters. The third-order valence-electron chi connectivity index (χ3n) is 3.91. The summed E-state index contributed by atoms with van der Waals surface area (Å²) in [5, 5.41) is 9.41. The van der Waals surface area contributed by atoms with Crippen molar-refractivity contribution in [3.63, 3.8) is 0 Å². The molecular formula is C11H16N4O. The number of carbonyl (C=O) groups is 1. The fourth-order valence-corrected chi connectivity index (χ4v) is 2.97. The van der Waals surface area contributed by atoms with E-state index in [-0.39, 0.29) is 11.8 Å². The molecule has 1 aromatic rings. The molecule has 0 bridgehead atoms. The van der Waals surface area contributed by atoms with Crippen molar-refractivity contribution in [3.05, 3.63) is 11.8 Å². The molecule has 0 aromatic carbocycles. The van der Waals surface area contributed by atoms with Gasteiger partial charge in [0.1, 0.15) is 5.82 Å². The van der Waals surface area contributed by atoms with E-state index in [1.165, 1.54) is 19.3 Å². The molecule has 0 spiro atoms. The molecule has 86 valence electrons. The largest absolute Gasteiger partial charge is 0.384 e. The molecular weight excluding hydrogens is 204 g/mol. The summed E-state index contributed by atoms with van der Waals surface area (Å²) >= 11 is 0. The monoisotopic (exact) mass is 220 g/mol. The number of H-pyrrole nitrogens is 1. The number of aromatic nitrogens is 2. The van der Waals surface area contributed by atoms with Crippen molar-refractivity contribution in [2.45, 2.75) is 25.8 Å². The molecule has 0 radical (unpaired) electrons. The summed E-state index contributed by atoms with van der Waals surface area (Å²) in [5.74, 6) is 2.34. The second kappa shape index (κ2) is 3.50. The molecule has 1 amide bonds. The van der Waals surface area contributed by atoms with Crippen LogP contribution in [0.2, 0.25) is 0 Å². The average molecular weight is 220 g/mol. The van der Waals surface area contributed by atoms with Gasteiger partial charge in [-0.3, -0.25) is 9.89 Å². The quantitative estimate of drug-likeness (QED) is 0.699. The summed E-state index contributed by atoms with van der Waals surface area (Å²) in [6.45, 7) is 0.483. The Morgan fingerprint density at radius 2 is 2.31 bits per heavy atom. The van der Waals surface area contributed by atoms with Crippen LogP contribution in [-0.4, -0.2) is 16.1 Å². The Balaban J connectivity index is 1.53. The number of fused-ring (bicyclic) bond motifs is 1. The van der Waals surface area contributed by atoms with E-state index in [2.05, 4.69) is 15.5 Å². The first-order valence-corrected chi connectivity index (χ1v) is 5.83. The number of nitrogens with one attached hydrogen (secondary N) is 2. The summed E-state index contributed by atoms with van der Waals surface area (Å²) in [6.07, 6.45) is 5.42. The zero-order valence-corrected chi connectivity index (χ0v) is 9.07. The van der Waals surface area contributed by atoms with E-state index >= 15 is 0 Å². The van der Waals surface area contributed by atoms with E-state index in [0.29, 0.717) is 24.2 Å². The highest BCUT2D eigenvalue weighted by Gasteiger charge is 2.56. The van der Waals surface area contributed by atoms with Gasteiger partial charge in [-0.2, -0.15) is 5.10 Å². The number of hydrogen-bond donors (Lipinski definition) is 3. The topological polar surface area (TPSA) is 83.8 Å². The number of nitrogens with zero attached hydrogens (tertiary/aromatic N) is 1. The van der Waals surface area contributed by atoms with E-state index in [9.17, 15) is 4.79 Å². The first-order valence-electron chi connectivity index (χ1n) is 5.83. The van der Waals surface area contributed by atoms with Crippen LogP contribution in [0.25, 0.3) is 0 Å². The lowest BCUT2D eigenvalue weighted by Gasteiger charge is -2.05. The Morgan fingerprint density at radius 3 is 2.94 bits per heavy atom. The minimum absolute atomic E-state index is 0.190. The third kappa shape index (κ3) is 1.47. The molecule has 4 N–H and O–H groups in total. The van der Waals surface area contributed by atoms with Gasteiger partial charge in [-0.25, -0.2) is 0 Å². The van der Waals surface area contributed by atoms with Crippen molar-refractivity contribution in [2.75, 3.05) is 5.73 Å². The highest BCUT2D eigenvalue weighted by Crippen LogP contribution is 2.57. The van der Waals surface area contributed by atoms with Gasteiger partial charge >= 0.3 is 0 Å². The predicted molar refractivity (Wildman–Crippen MR) is 59.2 cm³/mol. The van der Waals surface area contributed by atoms with Crippen LogP contribution in [0, 0.1) is 17.8 Å². The average Bonchev–Trinajstić information content (AvgIpc) is 2.67. The minimum Gasteiger partial charge on any atom is -0.384 e. The third-order valence-corrected chi connectivity index (χ3v) is 3.91. The molecule has 5 nitrogen and oxygen atoms in total. The maximum atomic E-state index is 11.8.